The van der Waals surface area contributed by atoms with Gasteiger partial charge in [-0.25, -0.2) is 29.2 Å². The molecule has 0 radical (unpaired) electrons. The lowest BCUT2D eigenvalue weighted by Gasteiger charge is -2.04. The second-order valence-electron chi connectivity index (χ2n) is 4.20. The minimum atomic E-state index is -0.735. The third kappa shape index (κ3) is 1.47. The summed E-state index contributed by atoms with van der Waals surface area (Å²) in [7, 11) is 0. The van der Waals surface area contributed by atoms with Crippen molar-refractivity contribution in [1.82, 2.24) is 39.3 Å². The lowest BCUT2D eigenvalue weighted by Crippen LogP contribution is -2.39. The van der Waals surface area contributed by atoms with Crippen LogP contribution in [0.1, 0.15) is 0 Å². The van der Waals surface area contributed by atoms with Crippen molar-refractivity contribution in [1.29, 1.82) is 0 Å². The van der Waals surface area contributed by atoms with Crippen LogP contribution in [0.2, 0.25) is 0 Å². The molecule has 0 aliphatic rings. The van der Waals surface area contributed by atoms with Gasteiger partial charge in [0.1, 0.15) is 23.8 Å². The SMILES string of the molecule is O=c1[nH]c2[nH]c(=O)n(-n3cnc4cncnc43)c(=O)c2[nH]1. The summed E-state index contributed by atoms with van der Waals surface area (Å²) in [6.07, 6.45) is 4.00. The maximum absolute atomic E-state index is 12.4. The van der Waals surface area contributed by atoms with E-state index < -0.39 is 16.9 Å². The van der Waals surface area contributed by atoms with Gasteiger partial charge in [-0.3, -0.25) is 19.7 Å². The van der Waals surface area contributed by atoms with Gasteiger partial charge in [-0.05, 0) is 0 Å². The molecule has 11 nitrogen and oxygen atoms in total. The Hall–Kier alpha value is -3.50. The molecule has 0 saturated carbocycles. The number of aromatic nitrogens is 8. The number of nitrogens with zero attached hydrogens (tertiary/aromatic N) is 5. The normalized spacial score (nSPS) is 11.4. The number of aromatic amines is 3. The van der Waals surface area contributed by atoms with Gasteiger partial charge < -0.3 is 0 Å². The average Bonchev–Trinajstić information content (AvgIpc) is 3.03. The summed E-state index contributed by atoms with van der Waals surface area (Å²) >= 11 is 0. The topological polar surface area (TPSA) is 147 Å². The number of rotatable bonds is 1. The highest BCUT2D eigenvalue weighted by atomic mass is 16.2. The van der Waals surface area contributed by atoms with Crippen molar-refractivity contribution in [2.75, 3.05) is 0 Å². The lowest BCUT2D eigenvalue weighted by atomic mass is 10.5. The Morgan fingerprint density at radius 1 is 1.05 bits per heavy atom. The second-order valence-corrected chi connectivity index (χ2v) is 4.20. The zero-order chi connectivity index (χ0) is 14.6. The molecule has 4 rings (SSSR count). The van der Waals surface area contributed by atoms with E-state index in [4.69, 9.17) is 0 Å². The number of fused-ring (bicyclic) bond motifs is 2. The predicted octanol–water partition coefficient (Wildman–Crippen LogP) is -1.84. The molecule has 0 spiro atoms. The van der Waals surface area contributed by atoms with Crippen LogP contribution in [0, 0.1) is 0 Å². The Balaban J connectivity index is 2.18. The standard InChI is InChI=1S/C10H6N8O3/c19-8-5-6(15-9(20)14-5)16-10(21)18(8)17-3-13-4-1-11-2-12-7(4)17/h1-3H,(H,16,21)(H2,14,15,20). The first-order valence-electron chi connectivity index (χ1n) is 5.76. The first-order valence-corrected chi connectivity index (χ1v) is 5.76. The summed E-state index contributed by atoms with van der Waals surface area (Å²) in [4.78, 5) is 54.5. The molecule has 4 heterocycles. The Morgan fingerprint density at radius 3 is 2.76 bits per heavy atom. The number of nitrogens with one attached hydrogen (secondary N) is 3. The van der Waals surface area contributed by atoms with Crippen LogP contribution in [-0.2, 0) is 0 Å². The van der Waals surface area contributed by atoms with Gasteiger partial charge in [-0.15, -0.1) is 0 Å². The van der Waals surface area contributed by atoms with Crippen molar-refractivity contribution in [2.24, 2.45) is 0 Å². The quantitative estimate of drug-likeness (QED) is 0.374. The minimum absolute atomic E-state index is 0.0327. The summed E-state index contributed by atoms with van der Waals surface area (Å²) in [5.41, 5.74) is -1.33. The van der Waals surface area contributed by atoms with Gasteiger partial charge in [0.2, 0.25) is 0 Å². The third-order valence-electron chi connectivity index (χ3n) is 2.97. The molecule has 0 saturated heterocycles. The van der Waals surface area contributed by atoms with Crippen LogP contribution in [0.5, 0.6) is 0 Å². The van der Waals surface area contributed by atoms with E-state index in [1.807, 2.05) is 0 Å². The van der Waals surface area contributed by atoms with E-state index in [1.54, 1.807) is 0 Å². The van der Waals surface area contributed by atoms with Crippen molar-refractivity contribution in [2.45, 2.75) is 0 Å². The molecule has 0 amide bonds. The van der Waals surface area contributed by atoms with Gasteiger partial charge in [0, 0.05) is 0 Å². The van der Waals surface area contributed by atoms with Crippen LogP contribution in [0.4, 0.5) is 0 Å². The van der Waals surface area contributed by atoms with Crippen molar-refractivity contribution in [3.8, 4) is 0 Å². The first kappa shape index (κ1) is 11.3. The predicted molar refractivity (Wildman–Crippen MR) is 69.9 cm³/mol. The fourth-order valence-corrected chi connectivity index (χ4v) is 2.09. The molecule has 0 unspecified atom stereocenters. The molecule has 0 aliphatic carbocycles. The largest absolute Gasteiger partial charge is 0.349 e. The summed E-state index contributed by atoms with van der Waals surface area (Å²) in [6.45, 7) is 0. The molecule has 3 N–H and O–H groups in total. The van der Waals surface area contributed by atoms with Crippen molar-refractivity contribution >= 4 is 22.3 Å². The van der Waals surface area contributed by atoms with Crippen molar-refractivity contribution in [3.63, 3.8) is 0 Å². The molecule has 0 bridgehead atoms. The molecule has 4 aromatic rings. The number of imidazole rings is 2. The Kier molecular flexibility index (Phi) is 2.03. The Bertz CT molecular complexity index is 1160. The van der Waals surface area contributed by atoms with Gasteiger partial charge in [0.25, 0.3) is 0 Å². The van der Waals surface area contributed by atoms with Crippen molar-refractivity contribution in [3.05, 3.63) is 50.2 Å². The van der Waals surface area contributed by atoms with E-state index in [0.29, 0.717) is 5.52 Å². The molecule has 21 heavy (non-hydrogen) atoms. The number of hydrogen-bond donors (Lipinski definition) is 3. The van der Waals surface area contributed by atoms with Crippen LogP contribution >= 0.6 is 0 Å². The summed E-state index contributed by atoms with van der Waals surface area (Å²) in [5.74, 6) is 0. The second kappa shape index (κ2) is 3.75. The highest BCUT2D eigenvalue weighted by Crippen LogP contribution is 2.05. The first-order chi connectivity index (χ1) is 10.1. The highest BCUT2D eigenvalue weighted by molar-refractivity contribution is 5.70. The van der Waals surface area contributed by atoms with Gasteiger partial charge in [0.15, 0.2) is 11.2 Å². The van der Waals surface area contributed by atoms with Gasteiger partial charge in [-0.2, -0.15) is 4.68 Å². The number of hydrogen-bond acceptors (Lipinski definition) is 6. The zero-order valence-electron chi connectivity index (χ0n) is 10.2. The van der Waals surface area contributed by atoms with Gasteiger partial charge >= 0.3 is 16.9 Å². The fourth-order valence-electron chi connectivity index (χ4n) is 2.09. The molecule has 0 aliphatic heterocycles. The van der Waals surface area contributed by atoms with Crippen molar-refractivity contribution < 1.29 is 0 Å². The molecule has 4 aromatic heterocycles. The summed E-state index contributed by atoms with van der Waals surface area (Å²) in [5, 5.41) is 0. The van der Waals surface area contributed by atoms with Crippen LogP contribution in [0.15, 0.2) is 33.2 Å². The summed E-state index contributed by atoms with van der Waals surface area (Å²) in [6, 6.07) is 0. The van der Waals surface area contributed by atoms with Gasteiger partial charge in [-0.1, -0.05) is 0 Å². The fraction of sp³-hybridized carbons (Fsp3) is 0. The molecular formula is C10H6N8O3. The molecule has 0 atom stereocenters. The van der Waals surface area contributed by atoms with Crippen LogP contribution in [0.3, 0.4) is 0 Å². The van der Waals surface area contributed by atoms with E-state index in [0.717, 1.165) is 4.68 Å². The van der Waals surface area contributed by atoms with E-state index in [1.165, 1.54) is 23.5 Å². The van der Waals surface area contributed by atoms with Crippen LogP contribution in [-0.4, -0.2) is 39.3 Å². The van der Waals surface area contributed by atoms with E-state index in [9.17, 15) is 14.4 Å². The maximum atomic E-state index is 12.4. The lowest BCUT2D eigenvalue weighted by molar-refractivity contribution is 0.608. The van der Waals surface area contributed by atoms with E-state index in [2.05, 4.69) is 29.9 Å². The van der Waals surface area contributed by atoms with Crippen LogP contribution in [0.25, 0.3) is 22.3 Å². The number of H-pyrrole nitrogens is 3. The van der Waals surface area contributed by atoms with Gasteiger partial charge in [0.05, 0.1) is 6.20 Å². The minimum Gasteiger partial charge on any atom is -0.300 e. The van der Waals surface area contributed by atoms with Crippen LogP contribution < -0.4 is 16.9 Å². The summed E-state index contributed by atoms with van der Waals surface area (Å²) < 4.78 is 1.97. The smallest absolute Gasteiger partial charge is 0.300 e. The molecule has 0 fully saturated rings. The third-order valence-corrected chi connectivity index (χ3v) is 2.97. The van der Waals surface area contributed by atoms with E-state index in [-0.39, 0.29) is 16.8 Å². The Morgan fingerprint density at radius 2 is 1.90 bits per heavy atom. The molecule has 104 valence electrons. The van der Waals surface area contributed by atoms with E-state index >= 15 is 0 Å². The average molecular weight is 286 g/mol. The molecule has 0 aromatic carbocycles. The zero-order valence-corrected chi connectivity index (χ0v) is 10.2. The monoisotopic (exact) mass is 286 g/mol. The maximum Gasteiger partial charge on any atom is 0.349 e. The molecular weight excluding hydrogens is 280 g/mol. The highest BCUT2D eigenvalue weighted by Gasteiger charge is 2.14. The Labute approximate surface area is 112 Å². The molecule has 11 heteroatoms.